The van der Waals surface area contributed by atoms with Crippen molar-refractivity contribution in [1.29, 1.82) is 0 Å². The fourth-order valence-corrected chi connectivity index (χ4v) is 1.72. The van der Waals surface area contributed by atoms with Gasteiger partial charge < -0.3 is 10.0 Å². The molecule has 0 fully saturated rings. The highest BCUT2D eigenvalue weighted by Crippen LogP contribution is 2.17. The normalized spacial score (nSPS) is 12.6. The van der Waals surface area contributed by atoms with Crippen molar-refractivity contribution in [3.8, 4) is 0 Å². The molecule has 1 atom stereocenters. The van der Waals surface area contributed by atoms with Gasteiger partial charge in [0.15, 0.2) is 0 Å². The lowest BCUT2D eigenvalue weighted by atomic mass is 10.2. The number of aliphatic hydroxyl groups is 1. The Morgan fingerprint density at radius 2 is 2.18 bits per heavy atom. The number of pyridine rings is 1. The monoisotopic (exact) mass is 256 g/mol. The molecule has 0 aliphatic rings. The maximum absolute atomic E-state index is 12.2. The van der Waals surface area contributed by atoms with Crippen molar-refractivity contribution in [2.75, 3.05) is 6.54 Å². The minimum atomic E-state index is -0.568. The van der Waals surface area contributed by atoms with Gasteiger partial charge in [-0.25, -0.2) is 0 Å². The van der Waals surface area contributed by atoms with Crippen LogP contribution in [-0.4, -0.2) is 39.6 Å². The Kier molecular flexibility index (Phi) is 4.90. The molecule has 1 heterocycles. The number of hydrogen-bond acceptors (Lipinski definition) is 3. The second-order valence-electron chi connectivity index (χ2n) is 4.26. The third-order valence-electron chi connectivity index (χ3n) is 2.35. The van der Waals surface area contributed by atoms with Crippen LogP contribution in [0.15, 0.2) is 18.5 Å². The summed E-state index contributed by atoms with van der Waals surface area (Å²) in [6, 6.07) is 1.59. The van der Waals surface area contributed by atoms with Crippen molar-refractivity contribution < 1.29 is 9.90 Å². The number of carbonyl (C=O) groups excluding carboxylic acids is 1. The van der Waals surface area contributed by atoms with E-state index in [2.05, 4.69) is 4.98 Å². The quantitative estimate of drug-likeness (QED) is 0.896. The van der Waals surface area contributed by atoms with E-state index in [0.29, 0.717) is 10.6 Å². The first kappa shape index (κ1) is 13.9. The van der Waals surface area contributed by atoms with Crippen LogP contribution in [0.5, 0.6) is 0 Å². The summed E-state index contributed by atoms with van der Waals surface area (Å²) in [7, 11) is 0. The summed E-state index contributed by atoms with van der Waals surface area (Å²) in [6.07, 6.45) is 2.40. The molecule has 1 aromatic rings. The van der Waals surface area contributed by atoms with Crippen molar-refractivity contribution in [2.45, 2.75) is 32.9 Å². The van der Waals surface area contributed by atoms with Crippen LogP contribution in [0.4, 0.5) is 0 Å². The third-order valence-corrected chi connectivity index (χ3v) is 2.65. The minimum absolute atomic E-state index is 0.00123. The number of rotatable bonds is 4. The maximum Gasteiger partial charge on any atom is 0.255 e. The highest BCUT2D eigenvalue weighted by atomic mass is 35.5. The van der Waals surface area contributed by atoms with Crippen molar-refractivity contribution >= 4 is 17.5 Å². The van der Waals surface area contributed by atoms with E-state index in [1.54, 1.807) is 17.9 Å². The zero-order valence-electron chi connectivity index (χ0n) is 10.2. The SMILES string of the molecule is CC(O)CN(C(=O)c1ccncc1Cl)C(C)C. The van der Waals surface area contributed by atoms with Crippen LogP contribution >= 0.6 is 11.6 Å². The summed E-state index contributed by atoms with van der Waals surface area (Å²) in [5.74, 6) is -0.187. The topological polar surface area (TPSA) is 53.4 Å². The molecule has 0 aromatic carbocycles. The number of aliphatic hydroxyl groups excluding tert-OH is 1. The molecule has 1 N–H and O–H groups in total. The highest BCUT2D eigenvalue weighted by Gasteiger charge is 2.21. The average molecular weight is 257 g/mol. The lowest BCUT2D eigenvalue weighted by Gasteiger charge is -2.28. The number of halogens is 1. The Labute approximate surface area is 106 Å². The number of nitrogens with zero attached hydrogens (tertiary/aromatic N) is 2. The number of carbonyl (C=O) groups is 1. The van der Waals surface area contributed by atoms with Gasteiger partial charge in [-0.1, -0.05) is 11.6 Å². The lowest BCUT2D eigenvalue weighted by Crippen LogP contribution is -2.41. The first-order valence-corrected chi connectivity index (χ1v) is 5.89. The Morgan fingerprint density at radius 1 is 1.53 bits per heavy atom. The molecule has 0 saturated heterocycles. The predicted octanol–water partition coefficient (Wildman–Crippen LogP) is 1.97. The summed E-state index contributed by atoms with van der Waals surface area (Å²) in [5, 5.41) is 9.73. The summed E-state index contributed by atoms with van der Waals surface area (Å²) in [6.45, 7) is 5.73. The van der Waals surface area contributed by atoms with Crippen LogP contribution in [-0.2, 0) is 0 Å². The van der Waals surface area contributed by atoms with Crippen LogP contribution in [0.1, 0.15) is 31.1 Å². The molecule has 0 spiro atoms. The van der Waals surface area contributed by atoms with Crippen molar-refractivity contribution in [2.24, 2.45) is 0 Å². The number of aromatic nitrogens is 1. The number of amides is 1. The fraction of sp³-hybridized carbons (Fsp3) is 0.500. The van der Waals surface area contributed by atoms with Crippen LogP contribution in [0.3, 0.4) is 0 Å². The molecule has 5 heteroatoms. The standard InChI is InChI=1S/C12H17ClN2O2/c1-8(2)15(7-9(3)16)12(17)10-4-5-14-6-11(10)13/h4-6,8-9,16H,7H2,1-3H3. The van der Waals surface area contributed by atoms with Gasteiger partial charge in [0.1, 0.15) is 0 Å². The highest BCUT2D eigenvalue weighted by molar-refractivity contribution is 6.33. The molecular formula is C12H17ClN2O2. The van der Waals surface area contributed by atoms with Crippen LogP contribution in [0, 0.1) is 0 Å². The molecule has 1 amide bonds. The van der Waals surface area contributed by atoms with Crippen molar-refractivity contribution in [1.82, 2.24) is 9.88 Å². The lowest BCUT2D eigenvalue weighted by molar-refractivity contribution is 0.0579. The van der Waals surface area contributed by atoms with Gasteiger partial charge in [0.2, 0.25) is 0 Å². The Morgan fingerprint density at radius 3 is 2.65 bits per heavy atom. The molecule has 0 aliphatic heterocycles. The van der Waals surface area contributed by atoms with Gasteiger partial charge in [0.25, 0.3) is 5.91 Å². The molecule has 1 unspecified atom stereocenters. The van der Waals surface area contributed by atoms with E-state index in [9.17, 15) is 9.90 Å². The smallest absolute Gasteiger partial charge is 0.255 e. The molecule has 94 valence electrons. The fourth-order valence-electron chi connectivity index (χ4n) is 1.52. The molecular weight excluding hydrogens is 240 g/mol. The van der Waals surface area contributed by atoms with E-state index in [1.165, 1.54) is 12.4 Å². The molecule has 0 saturated carbocycles. The molecule has 1 rings (SSSR count). The molecule has 4 nitrogen and oxygen atoms in total. The molecule has 0 radical (unpaired) electrons. The molecule has 17 heavy (non-hydrogen) atoms. The van der Waals surface area contributed by atoms with E-state index in [0.717, 1.165) is 0 Å². The molecule has 0 aliphatic carbocycles. The van der Waals surface area contributed by atoms with Crippen molar-refractivity contribution in [3.05, 3.63) is 29.0 Å². The van der Waals surface area contributed by atoms with Gasteiger partial charge in [-0.15, -0.1) is 0 Å². The Balaban J connectivity index is 2.96. The van der Waals surface area contributed by atoms with E-state index in [1.807, 2.05) is 13.8 Å². The average Bonchev–Trinajstić information content (AvgIpc) is 2.25. The zero-order valence-corrected chi connectivity index (χ0v) is 11.0. The Bertz CT molecular complexity index is 394. The zero-order chi connectivity index (χ0) is 13.0. The molecule has 1 aromatic heterocycles. The summed E-state index contributed by atoms with van der Waals surface area (Å²) in [4.78, 5) is 17.7. The van der Waals surface area contributed by atoms with Gasteiger partial charge in [0, 0.05) is 25.0 Å². The van der Waals surface area contributed by atoms with Gasteiger partial charge in [-0.3, -0.25) is 9.78 Å². The van der Waals surface area contributed by atoms with E-state index >= 15 is 0 Å². The van der Waals surface area contributed by atoms with Gasteiger partial charge in [0.05, 0.1) is 16.7 Å². The van der Waals surface area contributed by atoms with Crippen LogP contribution < -0.4 is 0 Å². The van der Waals surface area contributed by atoms with Gasteiger partial charge >= 0.3 is 0 Å². The van der Waals surface area contributed by atoms with E-state index in [4.69, 9.17) is 11.6 Å². The van der Waals surface area contributed by atoms with Crippen LogP contribution in [0.25, 0.3) is 0 Å². The first-order valence-electron chi connectivity index (χ1n) is 5.52. The van der Waals surface area contributed by atoms with E-state index < -0.39 is 6.10 Å². The molecule has 0 bridgehead atoms. The maximum atomic E-state index is 12.2. The van der Waals surface area contributed by atoms with Gasteiger partial charge in [-0.2, -0.15) is 0 Å². The van der Waals surface area contributed by atoms with Gasteiger partial charge in [-0.05, 0) is 26.8 Å². The second kappa shape index (κ2) is 5.98. The van der Waals surface area contributed by atoms with Crippen LogP contribution in [0.2, 0.25) is 5.02 Å². The summed E-state index contributed by atoms with van der Waals surface area (Å²) >= 11 is 5.93. The summed E-state index contributed by atoms with van der Waals surface area (Å²) < 4.78 is 0. The minimum Gasteiger partial charge on any atom is -0.392 e. The first-order chi connectivity index (χ1) is 7.93. The predicted molar refractivity (Wildman–Crippen MR) is 67.1 cm³/mol. The second-order valence-corrected chi connectivity index (χ2v) is 4.66. The number of hydrogen-bond donors (Lipinski definition) is 1. The summed E-state index contributed by atoms with van der Waals surface area (Å²) in [5.41, 5.74) is 0.413. The van der Waals surface area contributed by atoms with E-state index in [-0.39, 0.29) is 18.5 Å². The third kappa shape index (κ3) is 3.68. The van der Waals surface area contributed by atoms with Crippen molar-refractivity contribution in [3.63, 3.8) is 0 Å². The Hall–Kier alpha value is -1.13. The largest absolute Gasteiger partial charge is 0.392 e.